The van der Waals surface area contributed by atoms with Crippen LogP contribution in [-0.4, -0.2) is 68.5 Å². The zero-order chi connectivity index (χ0) is 49.2. The third-order valence-electron chi connectivity index (χ3n) is 13.1. The third kappa shape index (κ3) is 52.4. The summed E-state index contributed by atoms with van der Waals surface area (Å²) in [7, 11) is 1.24. The highest BCUT2D eigenvalue weighted by atomic mass is 31.2. The number of phosphoric acid groups is 1. The summed E-state index contributed by atoms with van der Waals surface area (Å²) in [6.45, 7) is 4.63. The first-order valence-corrected chi connectivity index (χ1v) is 30.3. The van der Waals surface area contributed by atoms with Crippen molar-refractivity contribution in [2.45, 2.75) is 289 Å². The van der Waals surface area contributed by atoms with Crippen LogP contribution in [0, 0.1) is 0 Å². The molecule has 3 atom stereocenters. The number of phosphoric ester groups is 1. The topological polar surface area (TPSA) is 108 Å². The number of aliphatic hydroxyl groups excluding tert-OH is 1. The normalized spacial score (nSPS) is 14.2. The first kappa shape index (κ1) is 65.7. The Hall–Kier alpha value is -1.28. The summed E-state index contributed by atoms with van der Waals surface area (Å²) >= 11 is 0. The average Bonchev–Trinajstić information content (AvgIpc) is 3.29. The number of aliphatic hydroxyl groups is 1. The molecule has 3 unspecified atom stereocenters. The number of carbonyl (C=O) groups excluding carboxylic acids is 1. The van der Waals surface area contributed by atoms with Gasteiger partial charge in [-0.2, -0.15) is 0 Å². The van der Waals surface area contributed by atoms with E-state index in [0.717, 1.165) is 57.8 Å². The summed E-state index contributed by atoms with van der Waals surface area (Å²) in [4.78, 5) is 25.4. The van der Waals surface area contributed by atoms with E-state index < -0.39 is 26.6 Å². The quantitative estimate of drug-likeness (QED) is 0.0272. The van der Waals surface area contributed by atoms with Crippen molar-refractivity contribution in [2.24, 2.45) is 0 Å². The molecule has 0 saturated heterocycles. The van der Waals surface area contributed by atoms with E-state index in [4.69, 9.17) is 9.05 Å². The molecule has 0 fully saturated rings. The second-order valence-electron chi connectivity index (χ2n) is 21.0. The number of nitrogens with zero attached hydrogens (tertiary/aromatic N) is 1. The Morgan fingerprint density at radius 1 is 0.507 bits per heavy atom. The van der Waals surface area contributed by atoms with Gasteiger partial charge in [0.05, 0.1) is 39.9 Å². The number of likely N-dealkylation sites (N-methyl/N-ethyl adjacent to an activating group) is 1. The van der Waals surface area contributed by atoms with Crippen LogP contribution in [0.25, 0.3) is 0 Å². The molecule has 396 valence electrons. The van der Waals surface area contributed by atoms with Crippen molar-refractivity contribution in [1.29, 1.82) is 0 Å². The van der Waals surface area contributed by atoms with Gasteiger partial charge < -0.3 is 28.8 Å². The highest BCUT2D eigenvalue weighted by molar-refractivity contribution is 7.45. The van der Waals surface area contributed by atoms with E-state index >= 15 is 0 Å². The van der Waals surface area contributed by atoms with Gasteiger partial charge in [-0.1, -0.05) is 249 Å². The summed E-state index contributed by atoms with van der Waals surface area (Å²) in [6.07, 6.45) is 63.9. The van der Waals surface area contributed by atoms with Gasteiger partial charge in [0.2, 0.25) is 5.91 Å². The molecule has 0 saturated carbocycles. The number of amides is 1. The molecule has 0 aromatic rings. The maximum absolute atomic E-state index is 12.9. The minimum atomic E-state index is -4.60. The van der Waals surface area contributed by atoms with Crippen LogP contribution in [0.3, 0.4) is 0 Å². The minimum absolute atomic E-state index is 0.00756. The van der Waals surface area contributed by atoms with Crippen LogP contribution in [0.4, 0.5) is 0 Å². The molecule has 0 rings (SSSR count). The SMILES string of the molecule is CCCCCCC/C=C\CCCCCCCC(=O)NC(COP(=O)([O-])OCC[N+](C)(C)C)C(O)/C=C/CC/C=C/CCCCCCCCCCCCCCCCCCCCCCCCCCC. The van der Waals surface area contributed by atoms with Gasteiger partial charge in [0, 0.05) is 6.42 Å². The molecule has 0 aliphatic rings. The van der Waals surface area contributed by atoms with E-state index in [2.05, 4.69) is 43.5 Å². The molecule has 0 aliphatic carbocycles. The predicted octanol–water partition coefficient (Wildman–Crippen LogP) is 16.7. The highest BCUT2D eigenvalue weighted by Crippen LogP contribution is 2.38. The van der Waals surface area contributed by atoms with Crippen molar-refractivity contribution in [3.63, 3.8) is 0 Å². The summed E-state index contributed by atoms with van der Waals surface area (Å²) < 4.78 is 23.3. The highest BCUT2D eigenvalue weighted by Gasteiger charge is 2.23. The number of quaternary nitrogens is 1. The van der Waals surface area contributed by atoms with Crippen molar-refractivity contribution >= 4 is 13.7 Å². The number of nitrogens with one attached hydrogen (secondary N) is 1. The first-order valence-electron chi connectivity index (χ1n) is 28.9. The van der Waals surface area contributed by atoms with Gasteiger partial charge in [-0.25, -0.2) is 0 Å². The molecular weight excluding hydrogens is 852 g/mol. The smallest absolute Gasteiger partial charge is 0.268 e. The molecule has 67 heavy (non-hydrogen) atoms. The van der Waals surface area contributed by atoms with Gasteiger partial charge in [0.1, 0.15) is 13.2 Å². The molecule has 0 aromatic carbocycles. The Morgan fingerprint density at radius 2 is 0.836 bits per heavy atom. The van der Waals surface area contributed by atoms with Crippen molar-refractivity contribution in [1.82, 2.24) is 5.32 Å². The second-order valence-corrected chi connectivity index (χ2v) is 22.4. The lowest BCUT2D eigenvalue weighted by Crippen LogP contribution is -2.45. The molecule has 0 heterocycles. The van der Waals surface area contributed by atoms with E-state index in [1.807, 2.05) is 27.2 Å². The average molecular weight is 966 g/mol. The fraction of sp³-hybridized carbons (Fsp3) is 0.879. The lowest BCUT2D eigenvalue weighted by molar-refractivity contribution is -0.870. The zero-order valence-corrected chi connectivity index (χ0v) is 46.0. The Balaban J connectivity index is 4.13. The number of hydrogen-bond donors (Lipinski definition) is 2. The van der Waals surface area contributed by atoms with Crippen LogP contribution in [0.15, 0.2) is 36.5 Å². The summed E-state index contributed by atoms with van der Waals surface area (Å²) in [5.74, 6) is -0.214. The lowest BCUT2D eigenvalue weighted by atomic mass is 10.0. The van der Waals surface area contributed by atoms with Gasteiger partial charge >= 0.3 is 0 Å². The molecule has 0 radical (unpaired) electrons. The van der Waals surface area contributed by atoms with E-state index in [1.54, 1.807) is 6.08 Å². The van der Waals surface area contributed by atoms with E-state index in [-0.39, 0.29) is 12.5 Å². The van der Waals surface area contributed by atoms with Gasteiger partial charge in [0.15, 0.2) is 0 Å². The second kappa shape index (κ2) is 49.7. The van der Waals surface area contributed by atoms with E-state index in [9.17, 15) is 19.4 Å². The van der Waals surface area contributed by atoms with Crippen LogP contribution in [-0.2, 0) is 18.4 Å². The Morgan fingerprint density at radius 3 is 1.21 bits per heavy atom. The third-order valence-corrected chi connectivity index (χ3v) is 14.0. The summed E-state index contributed by atoms with van der Waals surface area (Å²) in [6, 6.07) is -0.907. The van der Waals surface area contributed by atoms with E-state index in [0.29, 0.717) is 17.4 Å². The summed E-state index contributed by atoms with van der Waals surface area (Å²) in [5.41, 5.74) is 0. The van der Waals surface area contributed by atoms with E-state index in [1.165, 1.54) is 199 Å². The Bertz CT molecular complexity index is 1190. The van der Waals surface area contributed by atoms with Crippen molar-refractivity contribution in [2.75, 3.05) is 40.9 Å². The van der Waals surface area contributed by atoms with Gasteiger partial charge in [-0.15, -0.1) is 0 Å². The number of hydrogen-bond acceptors (Lipinski definition) is 6. The lowest BCUT2D eigenvalue weighted by Gasteiger charge is -2.29. The predicted molar refractivity (Wildman–Crippen MR) is 288 cm³/mol. The van der Waals surface area contributed by atoms with Crippen molar-refractivity contribution in [3.8, 4) is 0 Å². The van der Waals surface area contributed by atoms with Gasteiger partial charge in [0.25, 0.3) is 7.82 Å². The largest absolute Gasteiger partial charge is 0.756 e. The van der Waals surface area contributed by atoms with Crippen LogP contribution in [0.1, 0.15) is 277 Å². The minimum Gasteiger partial charge on any atom is -0.756 e. The molecule has 0 aliphatic heterocycles. The first-order chi connectivity index (χ1) is 32.5. The van der Waals surface area contributed by atoms with Crippen molar-refractivity contribution < 1.29 is 32.9 Å². The van der Waals surface area contributed by atoms with Crippen molar-refractivity contribution in [3.05, 3.63) is 36.5 Å². The van der Waals surface area contributed by atoms with Gasteiger partial charge in [-0.05, 0) is 57.8 Å². The standard InChI is InChI=1S/C58H113N2O6P/c1-6-8-10-12-14-16-18-20-22-23-24-25-26-27-28-29-30-31-32-33-34-35-36-37-38-39-41-43-45-47-49-51-57(61)56(55-66-67(63,64)65-54-53-60(3,4)5)59-58(62)52-50-48-46-44-42-40-21-19-17-15-13-11-9-7-2/h19,21,41,43,49,51,56-57,61H,6-18,20,22-40,42,44-48,50,52-55H2,1-5H3,(H-,59,62,63,64)/b21-19-,43-41+,51-49+. The van der Waals surface area contributed by atoms with Gasteiger partial charge in [-0.3, -0.25) is 9.36 Å². The number of allylic oxidation sites excluding steroid dienone is 5. The molecular formula is C58H113N2O6P. The maximum Gasteiger partial charge on any atom is 0.268 e. The van der Waals surface area contributed by atoms with Crippen LogP contribution in [0.5, 0.6) is 0 Å². The monoisotopic (exact) mass is 965 g/mol. The number of rotatable bonds is 53. The molecule has 1 amide bonds. The molecule has 9 heteroatoms. The molecule has 2 N–H and O–H groups in total. The summed E-state index contributed by atoms with van der Waals surface area (Å²) in [5, 5.41) is 13.8. The Kier molecular flexibility index (Phi) is 48.7. The fourth-order valence-electron chi connectivity index (χ4n) is 8.52. The van der Waals surface area contributed by atoms with Crippen LogP contribution < -0.4 is 10.2 Å². The molecule has 0 aromatic heterocycles. The molecule has 8 nitrogen and oxygen atoms in total. The zero-order valence-electron chi connectivity index (χ0n) is 45.1. The fourth-order valence-corrected chi connectivity index (χ4v) is 9.24. The molecule has 0 spiro atoms. The van der Waals surface area contributed by atoms with Crippen LogP contribution >= 0.6 is 7.82 Å². The van der Waals surface area contributed by atoms with Crippen LogP contribution in [0.2, 0.25) is 0 Å². The number of unbranched alkanes of at least 4 members (excludes halogenated alkanes) is 36. The number of carbonyl (C=O) groups is 1. The Labute approximate surface area is 417 Å². The molecule has 0 bridgehead atoms. The maximum atomic E-state index is 12.9.